The molecule has 0 aliphatic carbocycles. The molecular formula is C16H14FN5O3. The number of non-ortho nitro benzene ring substituents is 1. The fraction of sp³-hybridized carbons (Fsp3) is 0.125. The molecule has 1 heterocycles. The summed E-state index contributed by atoms with van der Waals surface area (Å²) < 4.78 is 18.2. The van der Waals surface area contributed by atoms with Crippen LogP contribution in [-0.4, -0.2) is 27.2 Å². The summed E-state index contributed by atoms with van der Waals surface area (Å²) in [6, 6.07) is 9.20. The van der Waals surface area contributed by atoms with Gasteiger partial charge in [-0.15, -0.1) is 0 Å². The maximum Gasteiger partial charge on any atom is 0.270 e. The van der Waals surface area contributed by atoms with E-state index in [9.17, 15) is 14.5 Å². The summed E-state index contributed by atoms with van der Waals surface area (Å²) in [5.74, 6) is 0.588. The number of hydrogen-bond acceptors (Lipinski definition) is 6. The van der Waals surface area contributed by atoms with Crippen LogP contribution in [0.25, 0.3) is 11.4 Å². The first-order valence-electron chi connectivity index (χ1n) is 7.25. The van der Waals surface area contributed by atoms with Crippen molar-refractivity contribution in [3.63, 3.8) is 0 Å². The molecule has 2 aromatic carbocycles. The van der Waals surface area contributed by atoms with E-state index in [1.165, 1.54) is 37.4 Å². The second-order valence-electron chi connectivity index (χ2n) is 5.22. The van der Waals surface area contributed by atoms with Crippen molar-refractivity contribution < 1.29 is 14.1 Å². The summed E-state index contributed by atoms with van der Waals surface area (Å²) in [5.41, 5.74) is 7.02. The number of methoxy groups -OCH3 is 1. The van der Waals surface area contributed by atoms with E-state index in [0.29, 0.717) is 22.7 Å². The van der Waals surface area contributed by atoms with E-state index in [4.69, 9.17) is 10.5 Å². The molecule has 3 rings (SSSR count). The lowest BCUT2D eigenvalue weighted by atomic mass is 10.1. The smallest absolute Gasteiger partial charge is 0.270 e. The third kappa shape index (κ3) is 3.31. The number of H-pyrrole nitrogens is 1. The molecule has 0 radical (unpaired) electrons. The van der Waals surface area contributed by atoms with Crippen LogP contribution < -0.4 is 10.5 Å². The van der Waals surface area contributed by atoms with Gasteiger partial charge in [-0.05, 0) is 23.8 Å². The number of rotatable bonds is 5. The summed E-state index contributed by atoms with van der Waals surface area (Å²) in [6.07, 6.45) is 0. The van der Waals surface area contributed by atoms with Crippen LogP contribution in [0.1, 0.15) is 17.4 Å². The van der Waals surface area contributed by atoms with Gasteiger partial charge in [-0.2, -0.15) is 5.10 Å². The summed E-state index contributed by atoms with van der Waals surface area (Å²) in [6.45, 7) is 0. The van der Waals surface area contributed by atoms with E-state index in [2.05, 4.69) is 15.2 Å². The average Bonchev–Trinajstić information content (AvgIpc) is 3.11. The Morgan fingerprint density at radius 2 is 2.00 bits per heavy atom. The van der Waals surface area contributed by atoms with Crippen LogP contribution in [0.4, 0.5) is 10.1 Å². The van der Waals surface area contributed by atoms with Gasteiger partial charge in [-0.25, -0.2) is 9.37 Å². The van der Waals surface area contributed by atoms with Gasteiger partial charge in [0.1, 0.15) is 17.4 Å². The summed E-state index contributed by atoms with van der Waals surface area (Å²) in [4.78, 5) is 14.8. The molecule has 0 aliphatic rings. The van der Waals surface area contributed by atoms with Gasteiger partial charge < -0.3 is 10.5 Å². The largest absolute Gasteiger partial charge is 0.496 e. The molecule has 0 saturated carbocycles. The van der Waals surface area contributed by atoms with Gasteiger partial charge >= 0.3 is 0 Å². The van der Waals surface area contributed by atoms with Gasteiger partial charge in [0.05, 0.1) is 23.6 Å². The summed E-state index contributed by atoms with van der Waals surface area (Å²) in [5, 5.41) is 17.8. The summed E-state index contributed by atoms with van der Waals surface area (Å²) in [7, 11) is 1.45. The number of hydrogen-bond donors (Lipinski definition) is 2. The fourth-order valence-corrected chi connectivity index (χ4v) is 2.35. The van der Waals surface area contributed by atoms with E-state index in [-0.39, 0.29) is 17.3 Å². The van der Waals surface area contributed by atoms with E-state index < -0.39 is 11.0 Å². The molecule has 0 aliphatic heterocycles. The number of ether oxygens (including phenoxy) is 1. The van der Waals surface area contributed by atoms with Crippen LogP contribution in [0.2, 0.25) is 0 Å². The van der Waals surface area contributed by atoms with E-state index in [0.717, 1.165) is 0 Å². The molecule has 1 atom stereocenters. The molecule has 3 N–H and O–H groups in total. The Morgan fingerprint density at radius 1 is 1.28 bits per heavy atom. The van der Waals surface area contributed by atoms with Crippen molar-refractivity contribution in [3.8, 4) is 17.1 Å². The standard InChI is InChI=1S/C16H14FN5O3/c1-25-13-7-6-11(22(23)24)8-12(13)15-19-16(21-20-15)14(18)9-2-4-10(17)5-3-9/h2-8,14H,18H2,1H3,(H,19,20,21)/t14-/m0/s1. The molecule has 3 aromatic rings. The maximum atomic E-state index is 13.0. The zero-order chi connectivity index (χ0) is 18.0. The minimum atomic E-state index is -0.647. The number of aromatic amines is 1. The zero-order valence-corrected chi connectivity index (χ0v) is 13.1. The number of halogens is 1. The Hall–Kier alpha value is -3.33. The second-order valence-corrected chi connectivity index (χ2v) is 5.22. The zero-order valence-electron chi connectivity index (χ0n) is 13.1. The number of nitrogens with two attached hydrogens (primary N) is 1. The van der Waals surface area contributed by atoms with Crippen molar-refractivity contribution in [1.82, 2.24) is 15.2 Å². The van der Waals surface area contributed by atoms with Crippen molar-refractivity contribution in [3.05, 3.63) is 69.8 Å². The van der Waals surface area contributed by atoms with E-state index in [1.807, 2.05) is 0 Å². The van der Waals surface area contributed by atoms with Crippen LogP contribution in [0.15, 0.2) is 42.5 Å². The molecule has 128 valence electrons. The monoisotopic (exact) mass is 343 g/mol. The number of nitrogens with zero attached hydrogens (tertiary/aromatic N) is 3. The lowest BCUT2D eigenvalue weighted by Gasteiger charge is -2.08. The van der Waals surface area contributed by atoms with Crippen molar-refractivity contribution in [1.29, 1.82) is 0 Å². The van der Waals surface area contributed by atoms with Crippen LogP contribution in [0.5, 0.6) is 5.75 Å². The Kier molecular flexibility index (Phi) is 4.40. The first-order valence-corrected chi connectivity index (χ1v) is 7.25. The van der Waals surface area contributed by atoms with E-state index in [1.54, 1.807) is 12.1 Å². The predicted molar refractivity (Wildman–Crippen MR) is 87.5 cm³/mol. The fourth-order valence-electron chi connectivity index (χ4n) is 2.35. The highest BCUT2D eigenvalue weighted by molar-refractivity contribution is 5.67. The van der Waals surface area contributed by atoms with Crippen molar-refractivity contribution >= 4 is 5.69 Å². The van der Waals surface area contributed by atoms with Gasteiger partial charge in [0.2, 0.25) is 0 Å². The van der Waals surface area contributed by atoms with Crippen molar-refractivity contribution in [2.75, 3.05) is 7.11 Å². The number of nitro benzene ring substituents is 1. The third-order valence-corrected chi connectivity index (χ3v) is 3.66. The highest BCUT2D eigenvalue weighted by atomic mass is 19.1. The first-order chi connectivity index (χ1) is 12.0. The molecule has 1 aromatic heterocycles. The van der Waals surface area contributed by atoms with Gasteiger partial charge in [0.15, 0.2) is 5.82 Å². The lowest BCUT2D eigenvalue weighted by Crippen LogP contribution is -2.13. The molecule has 0 unspecified atom stereocenters. The number of benzene rings is 2. The maximum absolute atomic E-state index is 13.0. The Balaban J connectivity index is 1.97. The molecule has 0 spiro atoms. The highest BCUT2D eigenvalue weighted by Crippen LogP contribution is 2.31. The second kappa shape index (κ2) is 6.65. The molecular weight excluding hydrogens is 329 g/mol. The predicted octanol–water partition coefficient (Wildman–Crippen LogP) is 2.58. The molecule has 0 bridgehead atoms. The number of aromatic nitrogens is 3. The van der Waals surface area contributed by atoms with Crippen LogP contribution in [0.3, 0.4) is 0 Å². The molecule has 9 heteroatoms. The minimum Gasteiger partial charge on any atom is -0.496 e. The van der Waals surface area contributed by atoms with Crippen LogP contribution in [-0.2, 0) is 0 Å². The molecule has 8 nitrogen and oxygen atoms in total. The van der Waals surface area contributed by atoms with E-state index >= 15 is 0 Å². The highest BCUT2D eigenvalue weighted by Gasteiger charge is 2.19. The quantitative estimate of drug-likeness (QED) is 0.542. The number of nitro groups is 1. The first kappa shape index (κ1) is 16.5. The normalized spacial score (nSPS) is 12.0. The van der Waals surface area contributed by atoms with Gasteiger partial charge in [0, 0.05) is 12.1 Å². The molecule has 25 heavy (non-hydrogen) atoms. The molecule has 0 saturated heterocycles. The lowest BCUT2D eigenvalue weighted by molar-refractivity contribution is -0.384. The van der Waals surface area contributed by atoms with Gasteiger partial charge in [-0.1, -0.05) is 12.1 Å². The average molecular weight is 343 g/mol. The minimum absolute atomic E-state index is 0.106. The molecule has 0 fully saturated rings. The van der Waals surface area contributed by atoms with Crippen molar-refractivity contribution in [2.45, 2.75) is 6.04 Å². The SMILES string of the molecule is COc1ccc([N+](=O)[O-])cc1-c1n[nH]c([C@@H](N)c2ccc(F)cc2)n1. The molecule has 0 amide bonds. The Morgan fingerprint density at radius 3 is 2.64 bits per heavy atom. The Labute approximate surface area is 141 Å². The Bertz CT molecular complexity index is 910. The van der Waals surface area contributed by atoms with Gasteiger partial charge in [-0.3, -0.25) is 15.2 Å². The van der Waals surface area contributed by atoms with Gasteiger partial charge in [0.25, 0.3) is 5.69 Å². The number of nitrogens with one attached hydrogen (secondary N) is 1. The topological polar surface area (TPSA) is 120 Å². The third-order valence-electron chi connectivity index (χ3n) is 3.66. The van der Waals surface area contributed by atoms with Crippen LogP contribution in [0, 0.1) is 15.9 Å². The van der Waals surface area contributed by atoms with Crippen LogP contribution >= 0.6 is 0 Å². The summed E-state index contributed by atoms with van der Waals surface area (Å²) >= 11 is 0. The van der Waals surface area contributed by atoms with Crippen molar-refractivity contribution in [2.24, 2.45) is 5.73 Å².